The highest BCUT2D eigenvalue weighted by Crippen LogP contribution is 2.27. The molecule has 0 saturated carbocycles. The number of aromatic nitrogens is 3. The molecule has 1 heterocycles. The molecule has 0 saturated heterocycles. The maximum atomic E-state index is 13.1. The fraction of sp³-hybridized carbons (Fsp3) is 0.200. The van der Waals surface area contributed by atoms with Gasteiger partial charge < -0.3 is 0 Å². The number of rotatable bonds is 5. The van der Waals surface area contributed by atoms with E-state index in [4.69, 9.17) is 0 Å². The van der Waals surface area contributed by atoms with Gasteiger partial charge in [0.15, 0.2) is 4.90 Å². The quantitative estimate of drug-likeness (QED) is 0.639. The van der Waals surface area contributed by atoms with Crippen molar-refractivity contribution in [1.29, 1.82) is 0 Å². The fourth-order valence-electron chi connectivity index (χ4n) is 1.62. The molecule has 0 spiro atoms. The van der Waals surface area contributed by atoms with E-state index in [9.17, 15) is 22.9 Å². The van der Waals surface area contributed by atoms with Crippen molar-refractivity contribution in [2.45, 2.75) is 11.4 Å². The van der Waals surface area contributed by atoms with Gasteiger partial charge in [-0.25, -0.2) is 17.8 Å². The summed E-state index contributed by atoms with van der Waals surface area (Å²) in [5.41, 5.74) is -0.820. The molecular formula is C10H10FN5O4S. The lowest BCUT2D eigenvalue weighted by atomic mass is 10.3. The van der Waals surface area contributed by atoms with Crippen LogP contribution in [0.4, 0.5) is 10.1 Å². The maximum absolute atomic E-state index is 13.1. The van der Waals surface area contributed by atoms with Crippen LogP contribution in [-0.4, -0.2) is 39.9 Å². The number of H-pyrrole nitrogens is 1. The van der Waals surface area contributed by atoms with E-state index in [-0.39, 0.29) is 12.4 Å². The zero-order valence-corrected chi connectivity index (χ0v) is 11.5. The number of aromatic amines is 1. The molecule has 9 nitrogen and oxygen atoms in total. The molecule has 0 aliphatic carbocycles. The predicted molar refractivity (Wildman–Crippen MR) is 68.1 cm³/mol. The van der Waals surface area contributed by atoms with Crippen molar-refractivity contribution >= 4 is 15.7 Å². The minimum Gasteiger partial charge on any atom is -0.262 e. The molecule has 0 fully saturated rings. The molecule has 0 atom stereocenters. The molecule has 2 aromatic rings. The minimum atomic E-state index is -4.17. The third kappa shape index (κ3) is 3.03. The third-order valence-corrected chi connectivity index (χ3v) is 4.49. The van der Waals surface area contributed by atoms with Gasteiger partial charge in [-0.3, -0.25) is 15.2 Å². The van der Waals surface area contributed by atoms with Gasteiger partial charge in [0.05, 0.1) is 17.5 Å². The molecule has 0 aliphatic heterocycles. The Bertz CT molecular complexity index is 762. The summed E-state index contributed by atoms with van der Waals surface area (Å²) in [7, 11) is -2.94. The van der Waals surface area contributed by atoms with Crippen LogP contribution in [-0.2, 0) is 16.6 Å². The average Bonchev–Trinajstić information content (AvgIpc) is 2.91. The summed E-state index contributed by atoms with van der Waals surface area (Å²) >= 11 is 0. The summed E-state index contributed by atoms with van der Waals surface area (Å²) < 4.78 is 38.6. The highest BCUT2D eigenvalue weighted by Gasteiger charge is 2.30. The molecule has 21 heavy (non-hydrogen) atoms. The van der Waals surface area contributed by atoms with E-state index in [1.807, 2.05) is 0 Å². The Balaban J connectivity index is 2.41. The van der Waals surface area contributed by atoms with Crippen molar-refractivity contribution in [2.24, 2.45) is 0 Å². The smallest absolute Gasteiger partial charge is 0.262 e. The summed E-state index contributed by atoms with van der Waals surface area (Å²) in [4.78, 5) is 13.1. The number of sulfonamides is 1. The number of nitrogens with zero attached hydrogens (tertiary/aromatic N) is 4. The molecule has 11 heteroatoms. The van der Waals surface area contributed by atoms with Crippen LogP contribution in [0.15, 0.2) is 29.4 Å². The van der Waals surface area contributed by atoms with Gasteiger partial charge in [-0.05, 0) is 12.1 Å². The largest absolute Gasteiger partial charge is 0.292 e. The van der Waals surface area contributed by atoms with E-state index in [1.165, 1.54) is 13.4 Å². The second kappa shape index (κ2) is 5.54. The van der Waals surface area contributed by atoms with E-state index in [0.717, 1.165) is 16.4 Å². The van der Waals surface area contributed by atoms with Crippen LogP contribution < -0.4 is 0 Å². The van der Waals surface area contributed by atoms with Crippen molar-refractivity contribution in [3.8, 4) is 0 Å². The first kappa shape index (κ1) is 15.0. The first-order chi connectivity index (χ1) is 9.82. The van der Waals surface area contributed by atoms with Gasteiger partial charge in [0.1, 0.15) is 18.0 Å². The summed E-state index contributed by atoms with van der Waals surface area (Å²) in [6.45, 7) is -0.156. The molecule has 1 aromatic heterocycles. The molecule has 2 rings (SSSR count). The molecule has 0 unspecified atom stereocenters. The molecule has 1 aromatic carbocycles. The number of nitrogens with one attached hydrogen (secondary N) is 1. The van der Waals surface area contributed by atoms with E-state index in [2.05, 4.69) is 15.2 Å². The van der Waals surface area contributed by atoms with Crippen LogP contribution in [0.5, 0.6) is 0 Å². The van der Waals surface area contributed by atoms with Crippen LogP contribution in [0.25, 0.3) is 0 Å². The van der Waals surface area contributed by atoms with Gasteiger partial charge in [0.2, 0.25) is 10.0 Å². The molecule has 1 N–H and O–H groups in total. The number of halogens is 1. The summed E-state index contributed by atoms with van der Waals surface area (Å²) in [5, 5.41) is 16.9. The normalized spacial score (nSPS) is 11.8. The van der Waals surface area contributed by atoms with Crippen molar-refractivity contribution in [2.75, 3.05) is 7.05 Å². The first-order valence-electron chi connectivity index (χ1n) is 5.57. The SMILES string of the molecule is CN(Cc1ncn[nH]1)S(=O)(=O)c1ccc(F)cc1[N+](=O)[O-]. The Labute approximate surface area is 118 Å². The van der Waals surface area contributed by atoms with Crippen LogP contribution in [0, 0.1) is 15.9 Å². The Kier molecular flexibility index (Phi) is 3.95. The van der Waals surface area contributed by atoms with Gasteiger partial charge in [-0.1, -0.05) is 0 Å². The zero-order valence-electron chi connectivity index (χ0n) is 10.7. The zero-order chi connectivity index (χ0) is 15.6. The Morgan fingerprint density at radius 2 is 2.19 bits per heavy atom. The molecule has 112 valence electrons. The van der Waals surface area contributed by atoms with Crippen LogP contribution >= 0.6 is 0 Å². The number of hydrogen-bond donors (Lipinski definition) is 1. The van der Waals surface area contributed by atoms with Crippen LogP contribution in [0.1, 0.15) is 5.82 Å². The lowest BCUT2D eigenvalue weighted by molar-refractivity contribution is -0.388. The van der Waals surface area contributed by atoms with E-state index < -0.39 is 31.3 Å². The molecule has 0 amide bonds. The Morgan fingerprint density at radius 3 is 2.76 bits per heavy atom. The van der Waals surface area contributed by atoms with Gasteiger partial charge in [0.25, 0.3) is 5.69 Å². The monoisotopic (exact) mass is 315 g/mol. The highest BCUT2D eigenvalue weighted by atomic mass is 32.2. The number of benzene rings is 1. The molecule has 0 radical (unpaired) electrons. The number of nitro groups is 1. The van der Waals surface area contributed by atoms with Crippen LogP contribution in [0.3, 0.4) is 0 Å². The lowest BCUT2D eigenvalue weighted by Gasteiger charge is -2.15. The van der Waals surface area contributed by atoms with Gasteiger partial charge in [-0.15, -0.1) is 0 Å². The second-order valence-corrected chi connectivity index (χ2v) is 6.08. The van der Waals surface area contributed by atoms with Crippen molar-refractivity contribution in [3.63, 3.8) is 0 Å². The summed E-state index contributed by atoms with van der Waals surface area (Å²) in [6.07, 6.45) is 1.20. The molecular weight excluding hydrogens is 305 g/mol. The van der Waals surface area contributed by atoms with Gasteiger partial charge in [0, 0.05) is 7.05 Å². The number of hydrogen-bond acceptors (Lipinski definition) is 6. The second-order valence-electron chi connectivity index (χ2n) is 4.06. The van der Waals surface area contributed by atoms with E-state index in [1.54, 1.807) is 0 Å². The standard InChI is InChI=1S/C10H10FN5O4S/c1-15(5-10-12-6-13-14-10)21(19,20)9-3-2-7(11)4-8(9)16(17)18/h2-4,6H,5H2,1H3,(H,12,13,14). The maximum Gasteiger partial charge on any atom is 0.292 e. The summed E-state index contributed by atoms with van der Waals surface area (Å²) in [5.74, 6) is -0.621. The van der Waals surface area contributed by atoms with Crippen molar-refractivity contribution < 1.29 is 17.7 Å². The predicted octanol–water partition coefficient (Wildman–Crippen LogP) is 0.673. The third-order valence-electron chi connectivity index (χ3n) is 2.64. The van der Waals surface area contributed by atoms with Gasteiger partial charge in [-0.2, -0.15) is 9.40 Å². The molecule has 0 bridgehead atoms. The lowest BCUT2D eigenvalue weighted by Crippen LogP contribution is -2.27. The first-order valence-corrected chi connectivity index (χ1v) is 7.01. The van der Waals surface area contributed by atoms with Crippen molar-refractivity contribution in [3.05, 3.63) is 46.3 Å². The number of nitro benzene ring substituents is 1. The molecule has 0 aliphatic rings. The van der Waals surface area contributed by atoms with Gasteiger partial charge >= 0.3 is 0 Å². The average molecular weight is 315 g/mol. The van der Waals surface area contributed by atoms with E-state index >= 15 is 0 Å². The van der Waals surface area contributed by atoms with Crippen molar-refractivity contribution in [1.82, 2.24) is 19.5 Å². The highest BCUT2D eigenvalue weighted by molar-refractivity contribution is 7.89. The Morgan fingerprint density at radius 1 is 1.48 bits per heavy atom. The van der Waals surface area contributed by atoms with Crippen LogP contribution in [0.2, 0.25) is 0 Å². The fourth-order valence-corrected chi connectivity index (χ4v) is 2.89. The topological polar surface area (TPSA) is 122 Å². The Hall–Kier alpha value is -2.40. The van der Waals surface area contributed by atoms with E-state index in [0.29, 0.717) is 6.07 Å². The summed E-state index contributed by atoms with van der Waals surface area (Å²) in [6, 6.07) is 2.27. The minimum absolute atomic E-state index is 0.156.